The normalized spacial score (nSPS) is 11.0. The summed E-state index contributed by atoms with van der Waals surface area (Å²) in [5.74, 6) is -1.49. The molecule has 154 valence electrons. The van der Waals surface area contributed by atoms with Crippen LogP contribution in [-0.2, 0) is 15.8 Å². The van der Waals surface area contributed by atoms with Gasteiger partial charge in [-0.1, -0.05) is 17.7 Å². The molecule has 0 fully saturated rings. The fourth-order valence-electron chi connectivity index (χ4n) is 2.46. The van der Waals surface area contributed by atoms with E-state index in [1.165, 1.54) is 32.2 Å². The van der Waals surface area contributed by atoms with Gasteiger partial charge in [-0.25, -0.2) is 0 Å². The number of anilines is 2. The van der Waals surface area contributed by atoms with Gasteiger partial charge in [-0.3, -0.25) is 14.4 Å². The van der Waals surface area contributed by atoms with E-state index in [0.29, 0.717) is 5.69 Å². The maximum absolute atomic E-state index is 12.9. The third-order valence-corrected chi connectivity index (χ3v) is 4.04. The third-order valence-electron chi connectivity index (χ3n) is 3.71. The molecule has 0 unspecified atom stereocenters. The van der Waals surface area contributed by atoms with Gasteiger partial charge in [0, 0.05) is 30.9 Å². The van der Waals surface area contributed by atoms with E-state index in [2.05, 4.69) is 10.6 Å². The van der Waals surface area contributed by atoms with Gasteiger partial charge < -0.3 is 15.5 Å². The first kappa shape index (κ1) is 22.2. The molecule has 0 aromatic heterocycles. The lowest BCUT2D eigenvalue weighted by atomic mass is 10.1. The van der Waals surface area contributed by atoms with Crippen LogP contribution in [0.15, 0.2) is 42.5 Å². The summed E-state index contributed by atoms with van der Waals surface area (Å²) >= 11 is 5.54. The lowest BCUT2D eigenvalue weighted by Crippen LogP contribution is -2.35. The zero-order valence-electron chi connectivity index (χ0n) is 15.4. The number of carbonyl (C=O) groups excluding carboxylic acids is 3. The molecule has 0 radical (unpaired) electrons. The number of carbonyl (C=O) groups is 3. The van der Waals surface area contributed by atoms with E-state index in [0.717, 1.165) is 17.0 Å². The topological polar surface area (TPSA) is 78.5 Å². The minimum absolute atomic E-state index is 0.0970. The van der Waals surface area contributed by atoms with E-state index >= 15 is 0 Å². The summed E-state index contributed by atoms with van der Waals surface area (Å²) in [6, 6.07) is 9.11. The summed E-state index contributed by atoms with van der Waals surface area (Å²) in [6.45, 7) is 0.930. The van der Waals surface area contributed by atoms with Crippen molar-refractivity contribution in [3.8, 4) is 0 Å². The van der Waals surface area contributed by atoms with Crippen LogP contribution in [0.3, 0.4) is 0 Å². The molecule has 0 saturated heterocycles. The van der Waals surface area contributed by atoms with Gasteiger partial charge in [0.25, 0.3) is 5.91 Å². The van der Waals surface area contributed by atoms with Crippen LogP contribution < -0.4 is 10.6 Å². The first-order valence-corrected chi connectivity index (χ1v) is 8.65. The average Bonchev–Trinajstić information content (AvgIpc) is 2.61. The Bertz CT molecular complexity index is 948. The fraction of sp³-hybridized carbons (Fsp3) is 0.211. The molecule has 0 saturated carbocycles. The average molecular weight is 428 g/mol. The monoisotopic (exact) mass is 427 g/mol. The Morgan fingerprint density at radius 2 is 1.69 bits per heavy atom. The smallest absolute Gasteiger partial charge is 0.332 e. The number of likely N-dealkylation sites (N-methyl/N-ethyl adjacent to an activating group) is 1. The van der Waals surface area contributed by atoms with Crippen LogP contribution >= 0.6 is 11.6 Å². The second-order valence-electron chi connectivity index (χ2n) is 6.16. The Hall–Kier alpha value is -3.07. The molecule has 6 nitrogen and oxygen atoms in total. The number of amides is 3. The third kappa shape index (κ3) is 6.21. The molecule has 0 aliphatic carbocycles. The molecular formula is C19H17ClF3N3O3. The molecule has 0 spiro atoms. The highest BCUT2D eigenvalue weighted by Gasteiger charge is 2.33. The van der Waals surface area contributed by atoms with Crippen molar-refractivity contribution >= 4 is 40.7 Å². The summed E-state index contributed by atoms with van der Waals surface area (Å²) < 4.78 is 38.7. The summed E-state index contributed by atoms with van der Waals surface area (Å²) in [5, 5.41) is 4.37. The van der Waals surface area contributed by atoms with E-state index in [1.807, 2.05) is 0 Å². The van der Waals surface area contributed by atoms with Crippen molar-refractivity contribution in [2.45, 2.75) is 13.1 Å². The van der Waals surface area contributed by atoms with Crippen molar-refractivity contribution in [3.63, 3.8) is 0 Å². The van der Waals surface area contributed by atoms with Crippen molar-refractivity contribution in [2.24, 2.45) is 0 Å². The zero-order chi connectivity index (χ0) is 21.8. The number of nitrogens with zero attached hydrogens (tertiary/aromatic N) is 1. The number of nitrogens with one attached hydrogen (secondary N) is 2. The fourth-order valence-corrected chi connectivity index (χ4v) is 2.69. The van der Waals surface area contributed by atoms with E-state index in [4.69, 9.17) is 11.6 Å². The number of hydrogen-bond donors (Lipinski definition) is 2. The minimum atomic E-state index is -4.66. The van der Waals surface area contributed by atoms with Crippen molar-refractivity contribution in [3.05, 3.63) is 58.6 Å². The number of halogens is 4. The molecule has 2 rings (SSSR count). The number of benzene rings is 2. The van der Waals surface area contributed by atoms with Crippen molar-refractivity contribution < 1.29 is 27.6 Å². The van der Waals surface area contributed by atoms with E-state index in [1.54, 1.807) is 12.1 Å². The Morgan fingerprint density at radius 1 is 1.03 bits per heavy atom. The summed E-state index contributed by atoms with van der Waals surface area (Å²) in [4.78, 5) is 36.8. The largest absolute Gasteiger partial charge is 0.417 e. The molecule has 0 bridgehead atoms. The van der Waals surface area contributed by atoms with Gasteiger partial charge in [0.15, 0.2) is 0 Å². The van der Waals surface area contributed by atoms with Crippen LogP contribution in [0.2, 0.25) is 5.02 Å². The molecule has 3 amide bonds. The standard InChI is InChI=1S/C19H17ClF3N3O3/c1-11(27)24-13-5-3-4-12(8-13)18(29)26(2)10-17(28)25-14-6-7-16(20)15(9-14)19(21,22)23/h3-9H,10H2,1-2H3,(H,24,27)(H,25,28). The second-order valence-corrected chi connectivity index (χ2v) is 6.57. The first-order valence-electron chi connectivity index (χ1n) is 8.27. The lowest BCUT2D eigenvalue weighted by Gasteiger charge is -2.18. The molecule has 10 heteroatoms. The second kappa shape index (κ2) is 8.95. The number of rotatable bonds is 5. The van der Waals surface area contributed by atoms with Crippen LogP contribution in [0.1, 0.15) is 22.8 Å². The van der Waals surface area contributed by atoms with Crippen LogP contribution in [0.5, 0.6) is 0 Å². The highest BCUT2D eigenvalue weighted by atomic mass is 35.5. The minimum Gasteiger partial charge on any atom is -0.332 e. The zero-order valence-corrected chi connectivity index (χ0v) is 16.2. The Labute approximate surface area is 169 Å². The molecule has 0 aliphatic heterocycles. The van der Waals surface area contributed by atoms with Crippen LogP contribution in [0.4, 0.5) is 24.5 Å². The Balaban J connectivity index is 2.06. The molecule has 0 heterocycles. The number of hydrogen-bond acceptors (Lipinski definition) is 3. The highest BCUT2D eigenvalue weighted by Crippen LogP contribution is 2.36. The van der Waals surface area contributed by atoms with E-state index < -0.39 is 35.1 Å². The van der Waals surface area contributed by atoms with Gasteiger partial charge in [0.1, 0.15) is 0 Å². The van der Waals surface area contributed by atoms with Crippen molar-refractivity contribution in [2.75, 3.05) is 24.2 Å². The van der Waals surface area contributed by atoms with Crippen molar-refractivity contribution in [1.82, 2.24) is 4.90 Å². The molecule has 29 heavy (non-hydrogen) atoms. The number of alkyl halides is 3. The maximum atomic E-state index is 12.9. The molecular weight excluding hydrogens is 411 g/mol. The van der Waals surface area contributed by atoms with Crippen LogP contribution in [-0.4, -0.2) is 36.2 Å². The molecule has 2 N–H and O–H groups in total. The quantitative estimate of drug-likeness (QED) is 0.756. The van der Waals surface area contributed by atoms with E-state index in [9.17, 15) is 27.6 Å². The molecule has 0 atom stereocenters. The van der Waals surface area contributed by atoms with Gasteiger partial charge in [0.05, 0.1) is 17.1 Å². The van der Waals surface area contributed by atoms with Crippen LogP contribution in [0.25, 0.3) is 0 Å². The van der Waals surface area contributed by atoms with E-state index in [-0.39, 0.29) is 17.2 Å². The molecule has 0 aliphatic rings. The Morgan fingerprint density at radius 3 is 2.31 bits per heavy atom. The van der Waals surface area contributed by atoms with Gasteiger partial charge in [0.2, 0.25) is 11.8 Å². The highest BCUT2D eigenvalue weighted by molar-refractivity contribution is 6.31. The van der Waals surface area contributed by atoms with Gasteiger partial charge >= 0.3 is 6.18 Å². The molecule has 2 aromatic rings. The predicted octanol–water partition coefficient (Wildman–Crippen LogP) is 4.03. The summed E-state index contributed by atoms with van der Waals surface area (Å²) in [6.07, 6.45) is -4.66. The predicted molar refractivity (Wildman–Crippen MR) is 103 cm³/mol. The first-order chi connectivity index (χ1) is 13.5. The molecule has 2 aromatic carbocycles. The van der Waals surface area contributed by atoms with Crippen molar-refractivity contribution in [1.29, 1.82) is 0 Å². The Kier molecular flexibility index (Phi) is 6.86. The van der Waals surface area contributed by atoms with Gasteiger partial charge in [-0.15, -0.1) is 0 Å². The summed E-state index contributed by atoms with van der Waals surface area (Å²) in [7, 11) is 1.37. The summed E-state index contributed by atoms with van der Waals surface area (Å²) in [5.41, 5.74) is -0.518. The lowest BCUT2D eigenvalue weighted by molar-refractivity contribution is -0.137. The van der Waals surface area contributed by atoms with Gasteiger partial charge in [-0.05, 0) is 36.4 Å². The SMILES string of the molecule is CC(=O)Nc1cccc(C(=O)N(C)CC(=O)Nc2ccc(Cl)c(C(F)(F)F)c2)c1. The maximum Gasteiger partial charge on any atom is 0.417 e. The van der Waals surface area contributed by atoms with Crippen LogP contribution in [0, 0.1) is 0 Å². The van der Waals surface area contributed by atoms with Gasteiger partial charge in [-0.2, -0.15) is 13.2 Å².